The SMILES string of the molecule is C#Cc1ncccc1C(C)(C)C.C=Cc1cc(C(C)(C)C)ccn1.C=Cc1cc(C(C)(C)C)ncn1.C=Cc1cccc(C(C)(C)C)n1.C=Cc1ccnc(C(C)(C)C)n1.C=Cc1nccc(C(C)(C)C)n1.C=Cc1ncccc1C(C)(C)C.CC(C)(C)C1(C#N)CC1.CC(C)c1cccc([N+](=O)[O-])c1F.CC(C)c1cnccc1F. The maximum absolute atomic E-state index is 13.3. The smallest absolute Gasteiger partial charge is 0.264 e. The minimum absolute atomic E-state index is 0.0129. The quantitative estimate of drug-likeness (QED) is 0.0748. The van der Waals surface area contributed by atoms with Crippen LogP contribution in [0.2, 0.25) is 0 Å². The second-order valence-corrected chi connectivity index (χ2v) is 36.4. The number of hydrogen-bond donors (Lipinski definition) is 0. The number of benzene rings is 1. The van der Waals surface area contributed by atoms with E-state index in [9.17, 15) is 18.9 Å². The van der Waals surface area contributed by atoms with E-state index in [1.165, 1.54) is 35.5 Å². The molecule has 0 aliphatic heterocycles. The molecule has 0 N–H and O–H groups in total. The average molecular weight is 1580 g/mol. The van der Waals surface area contributed by atoms with E-state index >= 15 is 0 Å². The monoisotopic (exact) mass is 1570 g/mol. The highest BCUT2D eigenvalue weighted by atomic mass is 19.1. The van der Waals surface area contributed by atoms with E-state index in [2.05, 4.69) is 285 Å². The second kappa shape index (κ2) is 46.5. The zero-order chi connectivity index (χ0) is 89.0. The lowest BCUT2D eigenvalue weighted by Gasteiger charge is -2.23. The van der Waals surface area contributed by atoms with E-state index in [0.717, 1.165) is 75.5 Å². The molecule has 9 aromatic rings. The lowest BCUT2D eigenvalue weighted by molar-refractivity contribution is -0.387. The van der Waals surface area contributed by atoms with Gasteiger partial charge >= 0.3 is 5.69 Å². The minimum atomic E-state index is -0.720. The summed E-state index contributed by atoms with van der Waals surface area (Å²) in [5.41, 5.74) is 13.9. The van der Waals surface area contributed by atoms with Crippen LogP contribution in [0, 0.1) is 56.3 Å². The summed E-state index contributed by atoms with van der Waals surface area (Å²) in [4.78, 5) is 55.6. The predicted octanol–water partition coefficient (Wildman–Crippen LogP) is 26.2. The molecule has 0 amide bonds. The summed E-state index contributed by atoms with van der Waals surface area (Å²) in [6.45, 7) is 81.0. The van der Waals surface area contributed by atoms with Crippen molar-refractivity contribution in [3.8, 4) is 18.4 Å². The Bertz CT molecular complexity index is 4340. The Morgan fingerprint density at radius 1 is 0.474 bits per heavy atom. The molecule has 17 heteroatoms. The van der Waals surface area contributed by atoms with Gasteiger partial charge in [0.25, 0.3) is 0 Å². The van der Waals surface area contributed by atoms with Crippen molar-refractivity contribution >= 4 is 42.1 Å². The molecule has 1 aliphatic carbocycles. The molecule has 8 aromatic heterocycles. The average Bonchev–Trinajstić information content (AvgIpc) is 1.61. The fourth-order valence-corrected chi connectivity index (χ4v) is 10.1. The van der Waals surface area contributed by atoms with Gasteiger partial charge in [-0.05, 0) is 172 Å². The Morgan fingerprint density at radius 2 is 0.983 bits per heavy atom. The van der Waals surface area contributed by atoms with Crippen LogP contribution in [0.1, 0.15) is 309 Å². The van der Waals surface area contributed by atoms with Gasteiger partial charge < -0.3 is 0 Å². The Labute approximate surface area is 696 Å². The van der Waals surface area contributed by atoms with Gasteiger partial charge in [-0.3, -0.25) is 30.1 Å². The highest BCUT2D eigenvalue weighted by Gasteiger charge is 2.52. The number of pyridine rings is 5. The molecule has 1 aromatic carbocycles. The van der Waals surface area contributed by atoms with Crippen LogP contribution in [-0.4, -0.2) is 59.7 Å². The van der Waals surface area contributed by atoms with Crippen molar-refractivity contribution in [2.75, 3.05) is 0 Å². The predicted molar refractivity (Wildman–Crippen MR) is 485 cm³/mol. The number of aromatic nitrogens is 11. The van der Waals surface area contributed by atoms with Crippen molar-refractivity contribution < 1.29 is 13.7 Å². The molecule has 15 nitrogen and oxygen atoms in total. The Balaban J connectivity index is 0.000000645. The van der Waals surface area contributed by atoms with Crippen molar-refractivity contribution in [2.24, 2.45) is 10.8 Å². The summed E-state index contributed by atoms with van der Waals surface area (Å²) in [7, 11) is 0. The second-order valence-electron chi connectivity index (χ2n) is 36.4. The maximum atomic E-state index is 13.3. The van der Waals surface area contributed by atoms with Crippen molar-refractivity contribution in [3.63, 3.8) is 0 Å². The molecule has 1 aliphatic rings. The van der Waals surface area contributed by atoms with Gasteiger partial charge in [-0.15, -0.1) is 6.42 Å². The van der Waals surface area contributed by atoms with Gasteiger partial charge in [0.15, 0.2) is 5.82 Å². The number of nitrogens with zero attached hydrogens (tertiary/aromatic N) is 13. The van der Waals surface area contributed by atoms with E-state index in [-0.39, 0.29) is 66.4 Å². The van der Waals surface area contributed by atoms with Crippen LogP contribution in [-0.2, 0) is 37.9 Å². The fraction of sp³-hybridized carbons (Fsp3) is 0.414. The van der Waals surface area contributed by atoms with Crippen LogP contribution in [0.5, 0.6) is 0 Å². The van der Waals surface area contributed by atoms with Crippen molar-refractivity contribution in [1.82, 2.24) is 54.8 Å². The molecule has 1 fully saturated rings. The van der Waals surface area contributed by atoms with Crippen molar-refractivity contribution in [3.05, 3.63) is 299 Å². The molecule has 1 saturated carbocycles. The summed E-state index contributed by atoms with van der Waals surface area (Å²) >= 11 is 0. The minimum Gasteiger partial charge on any atom is -0.264 e. The Kier molecular flexibility index (Phi) is 41.3. The molecule has 0 unspecified atom stereocenters. The molecule has 0 saturated heterocycles. The van der Waals surface area contributed by atoms with Gasteiger partial charge in [0.2, 0.25) is 5.82 Å². The zero-order valence-corrected chi connectivity index (χ0v) is 75.1. The first-order valence-corrected chi connectivity index (χ1v) is 39.1. The molecule has 10 rings (SSSR count). The van der Waals surface area contributed by atoms with E-state index in [4.69, 9.17) is 11.7 Å². The third-order valence-corrected chi connectivity index (χ3v) is 17.7. The fourth-order valence-electron chi connectivity index (χ4n) is 10.1. The van der Waals surface area contributed by atoms with Crippen LogP contribution in [0.3, 0.4) is 0 Å². The van der Waals surface area contributed by atoms with E-state index in [1.54, 1.807) is 93.7 Å². The lowest BCUT2D eigenvalue weighted by Crippen LogP contribution is -2.19. The van der Waals surface area contributed by atoms with Gasteiger partial charge in [-0.25, -0.2) is 39.3 Å². The summed E-state index contributed by atoms with van der Waals surface area (Å²) in [6.07, 6.45) is 31.5. The van der Waals surface area contributed by atoms with Crippen LogP contribution in [0.4, 0.5) is 14.5 Å². The van der Waals surface area contributed by atoms with E-state index in [1.807, 2.05) is 80.7 Å². The van der Waals surface area contributed by atoms with Crippen LogP contribution < -0.4 is 0 Å². The highest BCUT2D eigenvalue weighted by Crippen LogP contribution is 2.57. The Hall–Kier alpha value is -11.0. The third-order valence-electron chi connectivity index (χ3n) is 17.7. The summed E-state index contributed by atoms with van der Waals surface area (Å²) in [6, 6.07) is 31.9. The van der Waals surface area contributed by atoms with Gasteiger partial charge in [0.05, 0.1) is 44.9 Å². The molecule has 8 heterocycles. The number of nitro benzene ring substituents is 1. The number of terminal acetylenes is 1. The standard InChI is InChI=1S/2C11H15N.C11H13N.C11H15N.3C10H14N2.C9H10FNO2.C8H10FN.C8H13N/c1-5-10-8-9(6-7-12-10)11(2,3)4;2*1-5-10-9(11(2,3)4)7-6-8-12-10;1-5-9-7-6-8-10(12-9)11(2,3)4;1-5-8-6-9(10(2,3)4)12-7-11-8;1-5-9-11-7-6-8(12-9)10(2,3)4;1-5-8-6-7-11-9(12-8)10(2,3)4;1-6(2)7-4-3-5-8(9(7)10)11(12)13;1-6(2)7-5-10-4-3-8(7)9;1-7(2,3)8(6-9)4-5-8/h2*5-8H,1H2,2-4H3;1,6-8H,2-4H3;5-8H,1H2,2-4H3;3*5-7H,1H2,2-4H3;3-6H,1-2H3;3-6H,1-2H3;4-5H2,1-3H3. The molecular weight excluding hydrogens is 1440 g/mol. The summed E-state index contributed by atoms with van der Waals surface area (Å²) in [5.74, 6) is 3.44. The highest BCUT2D eigenvalue weighted by molar-refractivity contribution is 5.50. The summed E-state index contributed by atoms with van der Waals surface area (Å²) < 4.78 is 26.1. The Morgan fingerprint density at radius 3 is 1.41 bits per heavy atom. The number of halogens is 2. The summed E-state index contributed by atoms with van der Waals surface area (Å²) in [5, 5.41) is 19.1. The lowest BCUT2D eigenvalue weighted by atomic mass is 9.79. The number of rotatable bonds is 9. The van der Waals surface area contributed by atoms with Crippen LogP contribution >= 0.6 is 0 Å². The molecular formula is C99H133F2N13O2. The molecule has 0 spiro atoms. The van der Waals surface area contributed by atoms with Crippen molar-refractivity contribution in [2.45, 2.75) is 256 Å². The largest absolute Gasteiger partial charge is 0.305 e. The van der Waals surface area contributed by atoms with E-state index < -0.39 is 16.4 Å². The third kappa shape index (κ3) is 36.6. The topological polar surface area (TPSA) is 209 Å². The van der Waals surface area contributed by atoms with Crippen LogP contribution in [0.15, 0.2) is 186 Å². The number of nitro groups is 1. The molecule has 0 atom stereocenters. The van der Waals surface area contributed by atoms with Gasteiger partial charge in [-0.2, -0.15) is 9.65 Å². The van der Waals surface area contributed by atoms with Crippen LogP contribution in [0.25, 0.3) is 36.5 Å². The van der Waals surface area contributed by atoms with Crippen molar-refractivity contribution in [1.29, 1.82) is 5.26 Å². The van der Waals surface area contributed by atoms with Gasteiger partial charge in [-0.1, -0.05) is 264 Å². The first kappa shape index (κ1) is 103. The number of nitriles is 1. The molecule has 620 valence electrons. The zero-order valence-electron chi connectivity index (χ0n) is 75.1. The number of hydrogen-bond acceptors (Lipinski definition) is 14. The van der Waals surface area contributed by atoms with Gasteiger partial charge in [0.1, 0.15) is 23.7 Å². The van der Waals surface area contributed by atoms with E-state index in [0.29, 0.717) is 17.0 Å². The molecule has 116 heavy (non-hydrogen) atoms. The first-order chi connectivity index (χ1) is 53.6. The van der Waals surface area contributed by atoms with Gasteiger partial charge in [0, 0.05) is 93.7 Å². The first-order valence-electron chi connectivity index (χ1n) is 39.1. The molecule has 0 bridgehead atoms. The normalized spacial score (nSPS) is 11.9. The molecule has 0 radical (unpaired) electrons. The maximum Gasteiger partial charge on any atom is 0.305 e.